The Balaban J connectivity index is 2.48. The zero-order valence-corrected chi connectivity index (χ0v) is 10.2. The molecular formula is C11H15N3O4. The number of nitro groups is 1. The number of carbonyl (C=O) groups excluding carboxylic acids is 1. The number of allylic oxidation sites excluding steroid dienone is 1. The van der Waals surface area contributed by atoms with Crippen LogP contribution in [-0.4, -0.2) is 27.1 Å². The lowest BCUT2D eigenvalue weighted by Gasteiger charge is -2.04. The van der Waals surface area contributed by atoms with Gasteiger partial charge in [-0.25, -0.2) is 9.55 Å². The number of imidazole rings is 1. The van der Waals surface area contributed by atoms with E-state index in [0.29, 0.717) is 12.2 Å². The Morgan fingerprint density at radius 1 is 1.72 bits per heavy atom. The Hall–Kier alpha value is -2.18. The lowest BCUT2D eigenvalue weighted by atomic mass is 10.3. The summed E-state index contributed by atoms with van der Waals surface area (Å²) in [6, 6.07) is 0. The molecule has 0 aromatic carbocycles. The lowest BCUT2D eigenvalue weighted by Crippen LogP contribution is -2.13. The van der Waals surface area contributed by atoms with E-state index in [1.165, 1.54) is 10.8 Å². The van der Waals surface area contributed by atoms with Crippen LogP contribution in [0.5, 0.6) is 0 Å². The Labute approximate surface area is 104 Å². The molecule has 0 aliphatic carbocycles. The average molecular weight is 253 g/mol. The zero-order valence-electron chi connectivity index (χ0n) is 10.2. The molecule has 0 amide bonds. The maximum Gasteiger partial charge on any atom is 0.342 e. The smallest absolute Gasteiger partial charge is 0.342 e. The lowest BCUT2D eigenvalue weighted by molar-refractivity contribution is -0.392. The van der Waals surface area contributed by atoms with Crippen LogP contribution in [0.2, 0.25) is 0 Å². The third-order valence-corrected chi connectivity index (χ3v) is 2.35. The molecule has 1 rings (SSSR count). The Kier molecular flexibility index (Phi) is 5.04. The first-order valence-corrected chi connectivity index (χ1v) is 5.49. The van der Waals surface area contributed by atoms with Gasteiger partial charge in [-0.3, -0.25) is 4.79 Å². The van der Waals surface area contributed by atoms with Crippen molar-refractivity contribution in [2.24, 2.45) is 0 Å². The first kappa shape index (κ1) is 13.9. The third kappa shape index (κ3) is 3.69. The Morgan fingerprint density at radius 2 is 2.44 bits per heavy atom. The molecule has 0 aliphatic rings. The highest BCUT2D eigenvalue weighted by molar-refractivity contribution is 5.69. The predicted molar refractivity (Wildman–Crippen MR) is 64.0 cm³/mol. The second-order valence-corrected chi connectivity index (χ2v) is 3.62. The van der Waals surface area contributed by atoms with E-state index in [1.54, 1.807) is 13.0 Å². The van der Waals surface area contributed by atoms with Crippen LogP contribution >= 0.6 is 0 Å². The fourth-order valence-electron chi connectivity index (χ4n) is 1.42. The van der Waals surface area contributed by atoms with E-state index in [4.69, 9.17) is 4.74 Å². The number of rotatable bonds is 7. The minimum atomic E-state index is -0.514. The number of esters is 1. The molecule has 0 fully saturated rings. The maximum absolute atomic E-state index is 11.2. The van der Waals surface area contributed by atoms with Crippen molar-refractivity contribution in [2.45, 2.75) is 26.3 Å². The molecule has 0 saturated carbocycles. The fourth-order valence-corrected chi connectivity index (χ4v) is 1.42. The van der Waals surface area contributed by atoms with Crippen LogP contribution in [0.4, 0.5) is 5.82 Å². The number of ether oxygens (including phenoxy) is 1. The van der Waals surface area contributed by atoms with Gasteiger partial charge in [-0.15, -0.1) is 6.58 Å². The van der Waals surface area contributed by atoms with Gasteiger partial charge in [0, 0.05) is 13.3 Å². The quantitative estimate of drug-likeness (QED) is 0.319. The molecule has 0 atom stereocenters. The van der Waals surface area contributed by atoms with E-state index >= 15 is 0 Å². The second kappa shape index (κ2) is 6.53. The van der Waals surface area contributed by atoms with Crippen molar-refractivity contribution in [1.82, 2.24) is 9.55 Å². The van der Waals surface area contributed by atoms with Gasteiger partial charge < -0.3 is 14.9 Å². The van der Waals surface area contributed by atoms with Crippen LogP contribution in [0, 0.1) is 17.0 Å². The monoisotopic (exact) mass is 253 g/mol. The highest BCUT2D eigenvalue weighted by Crippen LogP contribution is 2.13. The van der Waals surface area contributed by atoms with E-state index < -0.39 is 4.92 Å². The third-order valence-electron chi connectivity index (χ3n) is 2.35. The van der Waals surface area contributed by atoms with Gasteiger partial charge in [-0.05, 0) is 11.3 Å². The van der Waals surface area contributed by atoms with Crippen molar-refractivity contribution in [3.8, 4) is 0 Å². The summed E-state index contributed by atoms with van der Waals surface area (Å²) in [4.78, 5) is 25.2. The van der Waals surface area contributed by atoms with Crippen molar-refractivity contribution in [3.63, 3.8) is 0 Å². The molecule has 0 unspecified atom stereocenters. The van der Waals surface area contributed by atoms with E-state index in [1.807, 2.05) is 0 Å². The van der Waals surface area contributed by atoms with Gasteiger partial charge in [-0.1, -0.05) is 6.08 Å². The molecule has 0 bridgehead atoms. The van der Waals surface area contributed by atoms with Crippen LogP contribution < -0.4 is 0 Å². The molecule has 0 aliphatic heterocycles. The first-order valence-electron chi connectivity index (χ1n) is 5.49. The second-order valence-electron chi connectivity index (χ2n) is 3.62. The highest BCUT2D eigenvalue weighted by atomic mass is 16.6. The van der Waals surface area contributed by atoms with Crippen LogP contribution in [0.15, 0.2) is 18.9 Å². The van der Waals surface area contributed by atoms with Crippen molar-refractivity contribution in [3.05, 3.63) is 34.8 Å². The van der Waals surface area contributed by atoms with Gasteiger partial charge in [0.25, 0.3) is 0 Å². The number of aryl methyl sites for hydroxylation is 1. The summed E-state index contributed by atoms with van der Waals surface area (Å²) in [5.41, 5.74) is 0. The first-order chi connectivity index (χ1) is 8.56. The number of nitrogens with zero attached hydrogens (tertiary/aromatic N) is 3. The number of hydrogen-bond donors (Lipinski definition) is 0. The minimum absolute atomic E-state index is 0.0913. The van der Waals surface area contributed by atoms with Gasteiger partial charge in [0.15, 0.2) is 5.82 Å². The average Bonchev–Trinajstić information content (AvgIpc) is 2.68. The molecule has 18 heavy (non-hydrogen) atoms. The van der Waals surface area contributed by atoms with Crippen molar-refractivity contribution >= 4 is 11.8 Å². The molecule has 0 spiro atoms. The van der Waals surface area contributed by atoms with Crippen molar-refractivity contribution < 1.29 is 14.5 Å². The molecule has 1 heterocycles. The molecule has 7 heteroatoms. The summed E-state index contributed by atoms with van der Waals surface area (Å²) >= 11 is 0. The summed E-state index contributed by atoms with van der Waals surface area (Å²) in [5.74, 6) is 0.0776. The number of hydrogen-bond acceptors (Lipinski definition) is 5. The zero-order chi connectivity index (χ0) is 13.5. The van der Waals surface area contributed by atoms with E-state index in [2.05, 4.69) is 11.6 Å². The summed E-state index contributed by atoms with van der Waals surface area (Å²) in [7, 11) is 0. The van der Waals surface area contributed by atoms with Gasteiger partial charge >= 0.3 is 11.8 Å². The van der Waals surface area contributed by atoms with Crippen LogP contribution in [-0.2, 0) is 16.1 Å². The molecular weight excluding hydrogens is 238 g/mol. The summed E-state index contributed by atoms with van der Waals surface area (Å²) in [6.07, 6.45) is 3.65. The Morgan fingerprint density at radius 3 is 3.06 bits per heavy atom. The largest absolute Gasteiger partial charge is 0.461 e. The Bertz CT molecular complexity index is 453. The fraction of sp³-hybridized carbons (Fsp3) is 0.455. The summed E-state index contributed by atoms with van der Waals surface area (Å²) < 4.78 is 6.35. The predicted octanol–water partition coefficient (Wildman–Crippen LogP) is 1.61. The summed E-state index contributed by atoms with van der Waals surface area (Å²) in [5, 5.41) is 10.7. The molecule has 0 saturated heterocycles. The SMILES string of the molecule is C=CCCC(=O)OCCn1c([N+](=O)[O-])cnc1C. The molecule has 0 N–H and O–H groups in total. The van der Waals surface area contributed by atoms with Gasteiger partial charge in [0.2, 0.25) is 0 Å². The van der Waals surface area contributed by atoms with Gasteiger partial charge in [0.1, 0.15) is 19.3 Å². The molecule has 0 radical (unpaired) electrons. The van der Waals surface area contributed by atoms with Crippen molar-refractivity contribution in [1.29, 1.82) is 0 Å². The van der Waals surface area contributed by atoms with E-state index in [0.717, 1.165) is 0 Å². The molecule has 1 aromatic heterocycles. The van der Waals surface area contributed by atoms with E-state index in [-0.39, 0.29) is 31.4 Å². The summed E-state index contributed by atoms with van der Waals surface area (Å²) in [6.45, 7) is 5.48. The van der Waals surface area contributed by atoms with Gasteiger partial charge in [0.05, 0.1) is 0 Å². The van der Waals surface area contributed by atoms with Crippen LogP contribution in [0.1, 0.15) is 18.7 Å². The normalized spacial score (nSPS) is 10.1. The molecule has 1 aromatic rings. The minimum Gasteiger partial charge on any atom is -0.461 e. The van der Waals surface area contributed by atoms with Crippen molar-refractivity contribution in [2.75, 3.05) is 6.61 Å². The van der Waals surface area contributed by atoms with Crippen LogP contribution in [0.3, 0.4) is 0 Å². The molecule has 7 nitrogen and oxygen atoms in total. The highest BCUT2D eigenvalue weighted by Gasteiger charge is 2.17. The van der Waals surface area contributed by atoms with Gasteiger partial charge in [-0.2, -0.15) is 0 Å². The van der Waals surface area contributed by atoms with E-state index in [9.17, 15) is 14.9 Å². The number of carbonyl (C=O) groups is 1. The van der Waals surface area contributed by atoms with Crippen LogP contribution in [0.25, 0.3) is 0 Å². The topological polar surface area (TPSA) is 87.3 Å². The molecule has 98 valence electrons. The maximum atomic E-state index is 11.2. The number of aromatic nitrogens is 2. The standard InChI is InChI=1S/C11H15N3O4/c1-3-4-5-11(15)18-7-6-13-9(2)12-8-10(13)14(16)17/h3,8H,1,4-7H2,2H3.